The Morgan fingerprint density at radius 1 is 1.53 bits per heavy atom. The van der Waals surface area contributed by atoms with Gasteiger partial charge >= 0.3 is 6.09 Å². The molecule has 0 unspecified atom stereocenters. The molecule has 0 atom stereocenters. The Morgan fingerprint density at radius 2 is 2.27 bits per heavy atom. The zero-order chi connectivity index (χ0) is 9.26. The number of hydrogen-bond donors (Lipinski definition) is 1. The van der Waals surface area contributed by atoms with Crippen molar-refractivity contribution in [3.63, 3.8) is 0 Å². The Balaban J connectivity index is 0.000000980. The van der Waals surface area contributed by atoms with Gasteiger partial charge in [0.25, 0.3) is 0 Å². The maximum absolute atomic E-state index is 11.3. The fourth-order valence-corrected chi connectivity index (χ4v) is 1.17. The molecule has 0 aliphatic heterocycles. The SMILES string of the molecule is CCOC(=O)n1ncc2c[nH]cc21.Cl.Cl. The smallest absolute Gasteiger partial charge is 0.435 e. The van der Waals surface area contributed by atoms with Crippen LogP contribution in [0, 0.1) is 0 Å². The molecular formula is C8H11Cl2N3O2. The number of halogens is 2. The van der Waals surface area contributed by atoms with Gasteiger partial charge in [-0.1, -0.05) is 0 Å². The lowest BCUT2D eigenvalue weighted by Gasteiger charge is -1.99. The van der Waals surface area contributed by atoms with Crippen LogP contribution in [-0.2, 0) is 4.74 Å². The Kier molecular flexibility index (Phi) is 5.18. The van der Waals surface area contributed by atoms with Gasteiger partial charge in [-0.2, -0.15) is 9.78 Å². The maximum Gasteiger partial charge on any atom is 0.435 e. The molecule has 0 saturated heterocycles. The number of carbonyl (C=O) groups excluding carboxylic acids is 1. The summed E-state index contributed by atoms with van der Waals surface area (Å²) < 4.78 is 6.04. The summed E-state index contributed by atoms with van der Waals surface area (Å²) in [4.78, 5) is 14.2. The molecule has 0 radical (unpaired) electrons. The number of rotatable bonds is 1. The van der Waals surface area contributed by atoms with E-state index < -0.39 is 6.09 Å². The molecule has 2 aromatic rings. The summed E-state index contributed by atoms with van der Waals surface area (Å²) in [5.41, 5.74) is 0.735. The van der Waals surface area contributed by atoms with Crippen LogP contribution in [0.25, 0.3) is 10.9 Å². The quantitative estimate of drug-likeness (QED) is 0.846. The summed E-state index contributed by atoms with van der Waals surface area (Å²) in [6, 6.07) is 0. The van der Waals surface area contributed by atoms with Gasteiger partial charge in [-0.05, 0) is 6.92 Å². The van der Waals surface area contributed by atoms with Crippen LogP contribution in [0.5, 0.6) is 0 Å². The predicted octanol–water partition coefficient (Wildman–Crippen LogP) is 2.21. The highest BCUT2D eigenvalue weighted by Gasteiger charge is 2.10. The lowest BCUT2D eigenvalue weighted by molar-refractivity contribution is 0.151. The molecular weight excluding hydrogens is 241 g/mol. The van der Waals surface area contributed by atoms with E-state index in [2.05, 4.69) is 10.1 Å². The molecule has 0 aliphatic rings. The first-order valence-electron chi connectivity index (χ1n) is 4.00. The van der Waals surface area contributed by atoms with Gasteiger partial charge in [0.15, 0.2) is 0 Å². The highest BCUT2D eigenvalue weighted by molar-refractivity contribution is 5.87. The average molecular weight is 252 g/mol. The standard InChI is InChI=1S/C8H9N3O2.2ClH/c1-2-13-8(12)11-7-5-9-3-6(7)4-10-11;;/h3-5,9H,2H2,1H3;2*1H. The molecule has 0 saturated carbocycles. The van der Waals surface area contributed by atoms with Crippen molar-refractivity contribution in [2.45, 2.75) is 6.92 Å². The van der Waals surface area contributed by atoms with Crippen molar-refractivity contribution in [1.29, 1.82) is 0 Å². The largest absolute Gasteiger partial charge is 0.448 e. The van der Waals surface area contributed by atoms with Gasteiger partial charge in [0, 0.05) is 17.8 Å². The van der Waals surface area contributed by atoms with E-state index in [1.54, 1.807) is 25.5 Å². The molecule has 15 heavy (non-hydrogen) atoms. The molecule has 2 heterocycles. The van der Waals surface area contributed by atoms with Gasteiger partial charge in [0.05, 0.1) is 18.3 Å². The second-order valence-corrected chi connectivity index (χ2v) is 2.55. The molecule has 2 aromatic heterocycles. The summed E-state index contributed by atoms with van der Waals surface area (Å²) in [6.45, 7) is 2.11. The molecule has 0 aliphatic carbocycles. The van der Waals surface area contributed by atoms with E-state index in [0.29, 0.717) is 6.61 Å². The van der Waals surface area contributed by atoms with Crippen molar-refractivity contribution in [3.05, 3.63) is 18.6 Å². The Labute approximate surface area is 98.6 Å². The Bertz CT molecular complexity index is 438. The van der Waals surface area contributed by atoms with Crippen LogP contribution in [0.1, 0.15) is 6.92 Å². The van der Waals surface area contributed by atoms with Crippen molar-refractivity contribution in [2.75, 3.05) is 6.61 Å². The molecule has 1 N–H and O–H groups in total. The van der Waals surface area contributed by atoms with Crippen LogP contribution in [0.3, 0.4) is 0 Å². The summed E-state index contributed by atoms with van der Waals surface area (Å²) in [7, 11) is 0. The normalized spacial score (nSPS) is 9.13. The molecule has 5 nitrogen and oxygen atoms in total. The fraction of sp³-hybridized carbons (Fsp3) is 0.250. The molecule has 7 heteroatoms. The number of ether oxygens (including phenoxy) is 1. The first-order valence-corrected chi connectivity index (χ1v) is 4.00. The summed E-state index contributed by atoms with van der Waals surface area (Å²) >= 11 is 0. The van der Waals surface area contributed by atoms with Gasteiger partial charge < -0.3 is 9.72 Å². The van der Waals surface area contributed by atoms with Gasteiger partial charge in [-0.25, -0.2) is 4.79 Å². The van der Waals surface area contributed by atoms with Crippen LogP contribution >= 0.6 is 24.8 Å². The second-order valence-electron chi connectivity index (χ2n) is 2.55. The summed E-state index contributed by atoms with van der Waals surface area (Å²) in [5.74, 6) is 0. The van der Waals surface area contributed by atoms with E-state index in [-0.39, 0.29) is 24.8 Å². The number of carbonyl (C=O) groups is 1. The van der Waals surface area contributed by atoms with Crippen molar-refractivity contribution < 1.29 is 9.53 Å². The van der Waals surface area contributed by atoms with Crippen LogP contribution in [0.2, 0.25) is 0 Å². The van der Waals surface area contributed by atoms with E-state index >= 15 is 0 Å². The molecule has 0 amide bonds. The number of H-pyrrole nitrogens is 1. The van der Waals surface area contributed by atoms with Crippen molar-refractivity contribution >= 4 is 41.8 Å². The first kappa shape index (κ1) is 13.8. The van der Waals surface area contributed by atoms with Crippen LogP contribution in [0.4, 0.5) is 4.79 Å². The van der Waals surface area contributed by atoms with E-state index in [9.17, 15) is 4.79 Å². The number of nitrogens with zero attached hydrogens (tertiary/aromatic N) is 2. The van der Waals surface area contributed by atoms with Crippen molar-refractivity contribution in [2.24, 2.45) is 0 Å². The van der Waals surface area contributed by atoms with E-state index in [1.165, 1.54) is 4.68 Å². The average Bonchev–Trinajstić information content (AvgIpc) is 2.62. The highest BCUT2D eigenvalue weighted by atomic mass is 35.5. The molecule has 0 fully saturated rings. The third-order valence-electron chi connectivity index (χ3n) is 1.74. The van der Waals surface area contributed by atoms with Crippen LogP contribution in [0.15, 0.2) is 18.6 Å². The third-order valence-corrected chi connectivity index (χ3v) is 1.74. The number of aromatic amines is 1. The minimum absolute atomic E-state index is 0. The maximum atomic E-state index is 11.3. The van der Waals surface area contributed by atoms with Crippen molar-refractivity contribution in [1.82, 2.24) is 14.8 Å². The lowest BCUT2D eigenvalue weighted by Crippen LogP contribution is -2.14. The zero-order valence-electron chi connectivity index (χ0n) is 7.97. The molecule has 84 valence electrons. The zero-order valence-corrected chi connectivity index (χ0v) is 9.60. The Hall–Kier alpha value is -1.20. The van der Waals surface area contributed by atoms with Gasteiger partial charge in [0.2, 0.25) is 0 Å². The number of nitrogens with one attached hydrogen (secondary N) is 1. The topological polar surface area (TPSA) is 59.9 Å². The monoisotopic (exact) mass is 251 g/mol. The number of fused-ring (bicyclic) bond motifs is 1. The molecule has 2 rings (SSSR count). The van der Waals surface area contributed by atoms with E-state index in [1.807, 2.05) is 0 Å². The molecule has 0 spiro atoms. The Morgan fingerprint density at radius 3 is 2.93 bits per heavy atom. The minimum Gasteiger partial charge on any atom is -0.448 e. The molecule has 0 bridgehead atoms. The predicted molar refractivity (Wildman–Crippen MR) is 61.0 cm³/mol. The fourth-order valence-electron chi connectivity index (χ4n) is 1.17. The van der Waals surface area contributed by atoms with Crippen LogP contribution in [-0.4, -0.2) is 27.5 Å². The number of aromatic nitrogens is 3. The molecule has 0 aromatic carbocycles. The van der Waals surface area contributed by atoms with Crippen molar-refractivity contribution in [3.8, 4) is 0 Å². The van der Waals surface area contributed by atoms with E-state index in [4.69, 9.17) is 4.74 Å². The summed E-state index contributed by atoms with van der Waals surface area (Å²) in [5, 5.41) is 4.79. The highest BCUT2D eigenvalue weighted by Crippen LogP contribution is 2.11. The van der Waals surface area contributed by atoms with E-state index in [0.717, 1.165) is 10.9 Å². The minimum atomic E-state index is -0.447. The van der Waals surface area contributed by atoms with Gasteiger partial charge in [-0.15, -0.1) is 24.8 Å². The van der Waals surface area contributed by atoms with Gasteiger partial charge in [0.1, 0.15) is 0 Å². The van der Waals surface area contributed by atoms with Gasteiger partial charge in [-0.3, -0.25) is 0 Å². The third kappa shape index (κ3) is 2.43. The second kappa shape index (κ2) is 5.63. The van der Waals surface area contributed by atoms with Crippen LogP contribution < -0.4 is 0 Å². The summed E-state index contributed by atoms with van der Waals surface area (Å²) in [6.07, 6.45) is 4.65. The number of hydrogen-bond acceptors (Lipinski definition) is 3. The lowest BCUT2D eigenvalue weighted by atomic mass is 10.4. The first-order chi connectivity index (χ1) is 6.33.